The molecule has 0 aromatic carbocycles. The molecule has 1 amide bonds. The molecule has 0 saturated heterocycles. The number of nitrogens with one attached hydrogen (secondary N) is 1. The third-order valence-corrected chi connectivity index (χ3v) is 4.84. The Morgan fingerprint density at radius 1 is 1.42 bits per heavy atom. The average Bonchev–Trinajstić information content (AvgIpc) is 3.27. The average molecular weight is 350 g/mol. The largest absolute Gasteiger partial charge is 0.348 e. The van der Waals surface area contributed by atoms with E-state index in [9.17, 15) is 4.79 Å². The van der Waals surface area contributed by atoms with Gasteiger partial charge in [-0.25, -0.2) is 4.98 Å². The highest BCUT2D eigenvalue weighted by atomic mass is 16.2. The van der Waals surface area contributed by atoms with Gasteiger partial charge in [0, 0.05) is 38.1 Å². The molecule has 4 heterocycles. The van der Waals surface area contributed by atoms with Crippen molar-refractivity contribution in [2.24, 2.45) is 7.05 Å². The second-order valence-electron chi connectivity index (χ2n) is 6.60. The maximum atomic E-state index is 13.4. The number of amides is 1. The van der Waals surface area contributed by atoms with E-state index >= 15 is 0 Å². The number of carbonyl (C=O) groups is 1. The summed E-state index contributed by atoms with van der Waals surface area (Å²) in [5.41, 5.74) is 4.51. The van der Waals surface area contributed by atoms with E-state index in [4.69, 9.17) is 0 Å². The van der Waals surface area contributed by atoms with Crippen molar-refractivity contribution in [3.8, 4) is 0 Å². The topological polar surface area (TPSA) is 79.7 Å². The molecule has 1 aliphatic heterocycles. The monoisotopic (exact) mass is 350 g/mol. The standard InChI is InChI=1S/C19H22N6O/c1-3-5-14-10-16(24(2)23-14)19(26)25-9-7-15-17(22-12-21-15)18(25)13-6-4-8-20-11-13/h4,6,8,10-12,18H,3,5,7,9H2,1-2H3,(H,21,22)/t18-/m1/s1. The van der Waals surface area contributed by atoms with Gasteiger partial charge in [-0.05, 0) is 24.1 Å². The fourth-order valence-electron chi connectivity index (χ4n) is 3.62. The zero-order chi connectivity index (χ0) is 18.1. The minimum absolute atomic E-state index is 0.0233. The number of imidazole rings is 1. The molecule has 1 N–H and O–H groups in total. The quantitative estimate of drug-likeness (QED) is 0.783. The van der Waals surface area contributed by atoms with Crippen LogP contribution in [0.2, 0.25) is 0 Å². The van der Waals surface area contributed by atoms with Crippen LogP contribution in [0.25, 0.3) is 0 Å². The summed E-state index contributed by atoms with van der Waals surface area (Å²) < 4.78 is 1.69. The zero-order valence-electron chi connectivity index (χ0n) is 15.0. The normalized spacial score (nSPS) is 16.5. The second kappa shape index (κ2) is 6.74. The van der Waals surface area contributed by atoms with Gasteiger partial charge in [-0.2, -0.15) is 5.10 Å². The molecule has 0 spiro atoms. The molecule has 7 heteroatoms. The molecule has 7 nitrogen and oxygen atoms in total. The lowest BCUT2D eigenvalue weighted by Crippen LogP contribution is -2.41. The van der Waals surface area contributed by atoms with Crippen LogP contribution in [0.15, 0.2) is 36.9 Å². The smallest absolute Gasteiger partial charge is 0.272 e. The molecule has 4 rings (SSSR count). The number of pyridine rings is 1. The number of hydrogen-bond acceptors (Lipinski definition) is 4. The first-order chi connectivity index (χ1) is 12.7. The van der Waals surface area contributed by atoms with Gasteiger partial charge in [0.25, 0.3) is 5.91 Å². The van der Waals surface area contributed by atoms with E-state index in [0.717, 1.165) is 41.9 Å². The SMILES string of the molecule is CCCc1cc(C(=O)N2CCc3[nH]cnc3[C@H]2c2cccnc2)n(C)n1. The van der Waals surface area contributed by atoms with E-state index in [1.807, 2.05) is 30.1 Å². The Morgan fingerprint density at radius 3 is 3.08 bits per heavy atom. The van der Waals surface area contributed by atoms with Crippen molar-refractivity contribution in [1.82, 2.24) is 29.6 Å². The Kier molecular flexibility index (Phi) is 4.28. The Balaban J connectivity index is 1.74. The Morgan fingerprint density at radius 2 is 2.31 bits per heavy atom. The predicted octanol–water partition coefficient (Wildman–Crippen LogP) is 2.28. The fraction of sp³-hybridized carbons (Fsp3) is 0.368. The number of H-pyrrole nitrogens is 1. The number of aryl methyl sites for hydroxylation is 2. The van der Waals surface area contributed by atoms with E-state index < -0.39 is 0 Å². The Hall–Kier alpha value is -2.96. The van der Waals surface area contributed by atoms with Crippen LogP contribution in [0.3, 0.4) is 0 Å². The number of aromatic nitrogens is 5. The van der Waals surface area contributed by atoms with Crippen molar-refractivity contribution < 1.29 is 4.79 Å². The Labute approximate surface area is 152 Å². The lowest BCUT2D eigenvalue weighted by Gasteiger charge is -2.35. The number of aromatic amines is 1. The van der Waals surface area contributed by atoms with E-state index in [2.05, 4.69) is 27.0 Å². The van der Waals surface area contributed by atoms with E-state index in [1.54, 1.807) is 23.4 Å². The van der Waals surface area contributed by atoms with Crippen molar-refractivity contribution >= 4 is 5.91 Å². The molecule has 0 bridgehead atoms. The van der Waals surface area contributed by atoms with Gasteiger partial charge < -0.3 is 9.88 Å². The van der Waals surface area contributed by atoms with Crippen molar-refractivity contribution in [1.29, 1.82) is 0 Å². The first-order valence-corrected chi connectivity index (χ1v) is 8.95. The summed E-state index contributed by atoms with van der Waals surface area (Å²) in [4.78, 5) is 27.2. The molecule has 0 fully saturated rings. The summed E-state index contributed by atoms with van der Waals surface area (Å²) in [6, 6.07) is 5.55. The van der Waals surface area contributed by atoms with Crippen LogP contribution in [0.1, 0.15) is 52.5 Å². The third kappa shape index (κ3) is 2.79. The van der Waals surface area contributed by atoms with E-state index in [-0.39, 0.29) is 11.9 Å². The van der Waals surface area contributed by atoms with Crippen molar-refractivity contribution in [3.63, 3.8) is 0 Å². The molecule has 3 aromatic heterocycles. The van der Waals surface area contributed by atoms with Crippen molar-refractivity contribution in [3.05, 3.63) is 65.3 Å². The van der Waals surface area contributed by atoms with Gasteiger partial charge in [0.05, 0.1) is 17.7 Å². The minimum atomic E-state index is -0.240. The maximum absolute atomic E-state index is 13.4. The van der Waals surface area contributed by atoms with Crippen LogP contribution in [0, 0.1) is 0 Å². The molecule has 0 unspecified atom stereocenters. The predicted molar refractivity (Wildman–Crippen MR) is 96.6 cm³/mol. The molecule has 26 heavy (non-hydrogen) atoms. The fourth-order valence-corrected chi connectivity index (χ4v) is 3.62. The van der Waals surface area contributed by atoms with Crippen molar-refractivity contribution in [2.45, 2.75) is 32.2 Å². The van der Waals surface area contributed by atoms with Gasteiger partial charge in [0.1, 0.15) is 11.7 Å². The molecule has 0 saturated carbocycles. The molecule has 1 aliphatic rings. The molecule has 0 radical (unpaired) electrons. The second-order valence-corrected chi connectivity index (χ2v) is 6.60. The molecular formula is C19H22N6O. The van der Waals surface area contributed by atoms with Crippen molar-refractivity contribution in [2.75, 3.05) is 6.54 Å². The molecular weight excluding hydrogens is 328 g/mol. The highest BCUT2D eigenvalue weighted by molar-refractivity contribution is 5.93. The van der Waals surface area contributed by atoms with Crippen LogP contribution in [-0.2, 0) is 19.9 Å². The van der Waals surface area contributed by atoms with E-state index in [0.29, 0.717) is 12.2 Å². The highest BCUT2D eigenvalue weighted by Crippen LogP contribution is 2.34. The van der Waals surface area contributed by atoms with Gasteiger partial charge >= 0.3 is 0 Å². The summed E-state index contributed by atoms with van der Waals surface area (Å²) in [6.07, 6.45) is 7.88. The molecule has 0 aliphatic carbocycles. The molecule has 3 aromatic rings. The maximum Gasteiger partial charge on any atom is 0.272 e. The molecule has 134 valence electrons. The van der Waals surface area contributed by atoms with Gasteiger partial charge in [-0.3, -0.25) is 14.5 Å². The Bertz CT molecular complexity index is 913. The highest BCUT2D eigenvalue weighted by Gasteiger charge is 2.35. The molecule has 1 atom stereocenters. The van der Waals surface area contributed by atoms with E-state index in [1.165, 1.54) is 0 Å². The number of nitrogens with zero attached hydrogens (tertiary/aromatic N) is 5. The van der Waals surface area contributed by atoms with Gasteiger partial charge in [0.15, 0.2) is 0 Å². The summed E-state index contributed by atoms with van der Waals surface area (Å²) in [7, 11) is 1.83. The van der Waals surface area contributed by atoms with Crippen LogP contribution in [0.4, 0.5) is 0 Å². The van der Waals surface area contributed by atoms with Gasteiger partial charge in [0.2, 0.25) is 0 Å². The minimum Gasteiger partial charge on any atom is -0.348 e. The van der Waals surface area contributed by atoms with Crippen LogP contribution >= 0.6 is 0 Å². The van der Waals surface area contributed by atoms with Gasteiger partial charge in [-0.1, -0.05) is 19.4 Å². The number of rotatable bonds is 4. The summed E-state index contributed by atoms with van der Waals surface area (Å²) >= 11 is 0. The van der Waals surface area contributed by atoms with Crippen LogP contribution in [0.5, 0.6) is 0 Å². The summed E-state index contributed by atoms with van der Waals surface area (Å²) in [5, 5.41) is 4.48. The third-order valence-electron chi connectivity index (χ3n) is 4.84. The summed E-state index contributed by atoms with van der Waals surface area (Å²) in [5.74, 6) is -0.0233. The number of fused-ring (bicyclic) bond motifs is 1. The van der Waals surface area contributed by atoms with Gasteiger partial charge in [-0.15, -0.1) is 0 Å². The zero-order valence-corrected chi connectivity index (χ0v) is 15.0. The van der Waals surface area contributed by atoms with Crippen LogP contribution in [-0.4, -0.2) is 42.1 Å². The first-order valence-electron chi connectivity index (χ1n) is 8.95. The number of carbonyl (C=O) groups excluding carboxylic acids is 1. The number of hydrogen-bond donors (Lipinski definition) is 1. The van der Waals surface area contributed by atoms with Crippen LogP contribution < -0.4 is 0 Å². The first kappa shape index (κ1) is 16.5. The lowest BCUT2D eigenvalue weighted by molar-refractivity contribution is 0.0679. The lowest BCUT2D eigenvalue weighted by atomic mass is 9.96. The summed E-state index contributed by atoms with van der Waals surface area (Å²) in [6.45, 7) is 2.74.